The van der Waals surface area contributed by atoms with Crippen molar-refractivity contribution in [2.75, 3.05) is 13.7 Å². The number of aromatic nitrogens is 1. The van der Waals surface area contributed by atoms with Crippen LogP contribution in [-0.2, 0) is 4.74 Å². The molecule has 0 unspecified atom stereocenters. The SMILES string of the molecule is CCOC(=O)c1ccc(C2=C(c3c(Cl)cccc3OC)CCC2)nc1. The van der Waals surface area contributed by atoms with Crippen LogP contribution in [0.15, 0.2) is 36.5 Å². The Labute approximate surface area is 152 Å². The van der Waals surface area contributed by atoms with Gasteiger partial charge in [0.1, 0.15) is 5.75 Å². The zero-order valence-electron chi connectivity index (χ0n) is 14.3. The number of nitrogens with zero attached hydrogens (tertiary/aromatic N) is 1. The molecule has 5 heteroatoms. The highest BCUT2D eigenvalue weighted by Crippen LogP contribution is 2.44. The number of benzene rings is 1. The minimum atomic E-state index is -0.352. The Morgan fingerprint density at radius 3 is 2.68 bits per heavy atom. The summed E-state index contributed by atoms with van der Waals surface area (Å²) in [6.07, 6.45) is 4.46. The molecule has 0 N–H and O–H groups in total. The molecule has 0 radical (unpaired) electrons. The number of carbonyl (C=O) groups excluding carboxylic acids is 1. The van der Waals surface area contributed by atoms with Gasteiger partial charge >= 0.3 is 5.97 Å². The molecular formula is C20H20ClNO3. The fourth-order valence-electron chi connectivity index (χ4n) is 3.18. The second-order valence-corrected chi connectivity index (χ2v) is 6.19. The van der Waals surface area contributed by atoms with Crippen molar-refractivity contribution < 1.29 is 14.3 Å². The topological polar surface area (TPSA) is 48.4 Å². The Kier molecular flexibility index (Phi) is 5.39. The molecule has 1 aromatic carbocycles. The smallest absolute Gasteiger partial charge is 0.339 e. The molecule has 0 saturated heterocycles. The number of hydrogen-bond acceptors (Lipinski definition) is 4. The van der Waals surface area contributed by atoms with Gasteiger partial charge in [-0.15, -0.1) is 0 Å². The average Bonchev–Trinajstić information content (AvgIpc) is 3.11. The molecule has 3 rings (SSSR count). The zero-order chi connectivity index (χ0) is 17.8. The number of rotatable bonds is 5. The molecule has 0 bridgehead atoms. The quantitative estimate of drug-likeness (QED) is 0.705. The second kappa shape index (κ2) is 7.70. The van der Waals surface area contributed by atoms with Crippen molar-refractivity contribution in [1.82, 2.24) is 4.98 Å². The maximum Gasteiger partial charge on any atom is 0.339 e. The molecule has 1 aromatic heterocycles. The highest BCUT2D eigenvalue weighted by Gasteiger charge is 2.23. The van der Waals surface area contributed by atoms with Gasteiger partial charge in [0.05, 0.1) is 30.0 Å². The minimum absolute atomic E-state index is 0.349. The third-order valence-electron chi connectivity index (χ3n) is 4.30. The summed E-state index contributed by atoms with van der Waals surface area (Å²) in [5, 5.41) is 0.678. The van der Waals surface area contributed by atoms with Crippen LogP contribution < -0.4 is 4.74 Å². The van der Waals surface area contributed by atoms with Gasteiger partial charge in [-0.3, -0.25) is 4.98 Å². The molecule has 0 saturated carbocycles. The van der Waals surface area contributed by atoms with Gasteiger partial charge in [0.25, 0.3) is 0 Å². The van der Waals surface area contributed by atoms with Crippen molar-refractivity contribution in [3.63, 3.8) is 0 Å². The van der Waals surface area contributed by atoms with Crippen LogP contribution in [0.3, 0.4) is 0 Å². The van der Waals surface area contributed by atoms with E-state index in [0.717, 1.165) is 41.8 Å². The summed E-state index contributed by atoms with van der Waals surface area (Å²) in [5.74, 6) is 0.417. The lowest BCUT2D eigenvalue weighted by molar-refractivity contribution is 0.0526. The summed E-state index contributed by atoms with van der Waals surface area (Å²) in [5.41, 5.74) is 4.58. The number of methoxy groups -OCH3 is 1. The molecule has 0 fully saturated rings. The molecule has 130 valence electrons. The molecular weight excluding hydrogens is 338 g/mol. The van der Waals surface area contributed by atoms with E-state index in [4.69, 9.17) is 21.1 Å². The molecule has 1 aliphatic carbocycles. The number of allylic oxidation sites excluding steroid dienone is 2. The van der Waals surface area contributed by atoms with E-state index in [1.807, 2.05) is 24.3 Å². The van der Waals surface area contributed by atoms with Gasteiger partial charge in [0.15, 0.2) is 0 Å². The largest absolute Gasteiger partial charge is 0.496 e. The van der Waals surface area contributed by atoms with Crippen LogP contribution in [0, 0.1) is 0 Å². The van der Waals surface area contributed by atoms with Crippen LogP contribution in [-0.4, -0.2) is 24.7 Å². The highest BCUT2D eigenvalue weighted by atomic mass is 35.5. The van der Waals surface area contributed by atoms with E-state index in [-0.39, 0.29) is 5.97 Å². The summed E-state index contributed by atoms with van der Waals surface area (Å²) >= 11 is 6.45. The molecule has 0 spiro atoms. The maximum absolute atomic E-state index is 11.8. The lowest BCUT2D eigenvalue weighted by atomic mass is 9.98. The third-order valence-corrected chi connectivity index (χ3v) is 4.61. The first-order valence-electron chi connectivity index (χ1n) is 8.34. The van der Waals surface area contributed by atoms with Crippen LogP contribution in [0.4, 0.5) is 0 Å². The Bertz CT molecular complexity index is 812. The van der Waals surface area contributed by atoms with Crippen molar-refractivity contribution in [2.45, 2.75) is 26.2 Å². The molecule has 25 heavy (non-hydrogen) atoms. The van der Waals surface area contributed by atoms with Gasteiger partial charge in [-0.2, -0.15) is 0 Å². The van der Waals surface area contributed by atoms with Gasteiger partial charge in [0.2, 0.25) is 0 Å². The summed E-state index contributed by atoms with van der Waals surface area (Å²) in [4.78, 5) is 16.3. The summed E-state index contributed by atoms with van der Waals surface area (Å²) in [7, 11) is 1.65. The minimum Gasteiger partial charge on any atom is -0.496 e. The number of ether oxygens (including phenoxy) is 2. The molecule has 0 atom stereocenters. The Hall–Kier alpha value is -2.33. The first-order valence-corrected chi connectivity index (χ1v) is 8.72. The van der Waals surface area contributed by atoms with Crippen LogP contribution >= 0.6 is 11.6 Å². The van der Waals surface area contributed by atoms with Crippen LogP contribution in [0.25, 0.3) is 11.1 Å². The lowest BCUT2D eigenvalue weighted by Gasteiger charge is -2.14. The predicted octanol–water partition coefficient (Wildman–Crippen LogP) is 5.02. The van der Waals surface area contributed by atoms with E-state index in [0.29, 0.717) is 17.2 Å². The fraction of sp³-hybridized carbons (Fsp3) is 0.300. The van der Waals surface area contributed by atoms with E-state index in [1.165, 1.54) is 5.57 Å². The van der Waals surface area contributed by atoms with Gasteiger partial charge in [-0.1, -0.05) is 17.7 Å². The standard InChI is InChI=1S/C20H20ClNO3/c1-3-25-20(23)13-10-11-17(22-12-13)14-6-4-7-15(14)19-16(21)8-5-9-18(19)24-2/h5,8-12H,3-4,6-7H2,1-2H3. The number of pyridine rings is 1. The Morgan fingerprint density at radius 2 is 2.00 bits per heavy atom. The summed E-state index contributed by atoms with van der Waals surface area (Å²) in [6, 6.07) is 9.30. The van der Waals surface area contributed by atoms with Crippen molar-refractivity contribution in [1.29, 1.82) is 0 Å². The Balaban J connectivity index is 2.01. The van der Waals surface area contributed by atoms with Gasteiger partial charge in [-0.25, -0.2) is 4.79 Å². The normalized spacial score (nSPS) is 13.9. The number of halogens is 1. The van der Waals surface area contributed by atoms with Crippen molar-refractivity contribution in [2.24, 2.45) is 0 Å². The van der Waals surface area contributed by atoms with E-state index in [1.54, 1.807) is 26.3 Å². The van der Waals surface area contributed by atoms with E-state index < -0.39 is 0 Å². The van der Waals surface area contributed by atoms with Crippen LogP contribution in [0.2, 0.25) is 5.02 Å². The molecule has 1 aliphatic rings. The van der Waals surface area contributed by atoms with Crippen molar-refractivity contribution >= 4 is 28.7 Å². The zero-order valence-corrected chi connectivity index (χ0v) is 15.1. The van der Waals surface area contributed by atoms with Gasteiger partial charge < -0.3 is 9.47 Å². The number of hydrogen-bond donors (Lipinski definition) is 0. The highest BCUT2D eigenvalue weighted by molar-refractivity contribution is 6.33. The van der Waals surface area contributed by atoms with Gasteiger partial charge in [0, 0.05) is 11.8 Å². The maximum atomic E-state index is 11.8. The van der Waals surface area contributed by atoms with Crippen LogP contribution in [0.1, 0.15) is 47.8 Å². The monoisotopic (exact) mass is 357 g/mol. The van der Waals surface area contributed by atoms with E-state index >= 15 is 0 Å². The molecule has 4 nitrogen and oxygen atoms in total. The number of esters is 1. The van der Waals surface area contributed by atoms with E-state index in [9.17, 15) is 4.79 Å². The van der Waals surface area contributed by atoms with E-state index in [2.05, 4.69) is 4.98 Å². The van der Waals surface area contributed by atoms with Gasteiger partial charge in [-0.05, 0) is 61.6 Å². The second-order valence-electron chi connectivity index (χ2n) is 5.78. The molecule has 0 aliphatic heterocycles. The molecule has 0 amide bonds. The van der Waals surface area contributed by atoms with Crippen LogP contribution in [0.5, 0.6) is 5.75 Å². The Morgan fingerprint density at radius 1 is 1.20 bits per heavy atom. The third kappa shape index (κ3) is 3.54. The van der Waals surface area contributed by atoms with Crippen molar-refractivity contribution in [3.8, 4) is 5.75 Å². The lowest BCUT2D eigenvalue weighted by Crippen LogP contribution is -2.05. The first-order chi connectivity index (χ1) is 12.2. The first kappa shape index (κ1) is 17.5. The predicted molar refractivity (Wildman–Crippen MR) is 98.9 cm³/mol. The number of carbonyl (C=O) groups is 1. The molecule has 2 aromatic rings. The van der Waals surface area contributed by atoms with Crippen molar-refractivity contribution in [3.05, 3.63) is 58.4 Å². The summed E-state index contributed by atoms with van der Waals surface area (Å²) in [6.45, 7) is 2.13. The average molecular weight is 358 g/mol. The molecule has 1 heterocycles. The fourth-order valence-corrected chi connectivity index (χ4v) is 3.46. The summed E-state index contributed by atoms with van der Waals surface area (Å²) < 4.78 is 10.5.